The smallest absolute Gasteiger partial charge is 0.251 e. The van der Waals surface area contributed by atoms with E-state index in [0.29, 0.717) is 23.7 Å². The van der Waals surface area contributed by atoms with Gasteiger partial charge >= 0.3 is 0 Å². The van der Waals surface area contributed by atoms with Crippen LogP contribution in [0, 0.1) is 0 Å². The van der Waals surface area contributed by atoms with Crippen molar-refractivity contribution < 1.29 is 9.59 Å². The first-order valence-corrected chi connectivity index (χ1v) is 11.8. The van der Waals surface area contributed by atoms with Crippen molar-refractivity contribution in [1.82, 2.24) is 10.3 Å². The molecule has 0 unspecified atom stereocenters. The van der Waals surface area contributed by atoms with E-state index in [0.717, 1.165) is 22.6 Å². The van der Waals surface area contributed by atoms with Gasteiger partial charge in [-0.15, -0.1) is 11.3 Å². The number of hydrogen-bond donors (Lipinski definition) is 3. The lowest BCUT2D eigenvalue weighted by atomic mass is 10.1. The minimum absolute atomic E-state index is 0.273. The number of nitrogens with two attached hydrogens (primary N) is 1. The van der Waals surface area contributed by atoms with Gasteiger partial charge in [-0.1, -0.05) is 42.5 Å². The van der Waals surface area contributed by atoms with Crippen molar-refractivity contribution in [3.63, 3.8) is 0 Å². The van der Waals surface area contributed by atoms with E-state index in [2.05, 4.69) is 15.6 Å². The summed E-state index contributed by atoms with van der Waals surface area (Å²) in [7, 11) is 0. The Morgan fingerprint density at radius 3 is 2.53 bits per heavy atom. The van der Waals surface area contributed by atoms with Gasteiger partial charge in [0.1, 0.15) is 6.04 Å². The monoisotopic (exact) mass is 440 g/mol. The van der Waals surface area contributed by atoms with Crippen molar-refractivity contribution in [2.24, 2.45) is 5.73 Å². The fourth-order valence-corrected chi connectivity index (χ4v) is 4.00. The summed E-state index contributed by atoms with van der Waals surface area (Å²) in [4.78, 5) is 30.0. The molecule has 0 aliphatic rings. The number of nitrogens with one attached hydrogen (secondary N) is 2. The molecule has 6 nitrogen and oxygen atoms in total. The molecule has 1 atom stereocenters. The van der Waals surface area contributed by atoms with Gasteiger partial charge in [0, 0.05) is 23.1 Å². The summed E-state index contributed by atoms with van der Waals surface area (Å²) >= 11 is 2.99. The Balaban J connectivity index is 1.67. The second-order valence-electron chi connectivity index (χ2n) is 6.60. The summed E-state index contributed by atoms with van der Waals surface area (Å²) in [5.74, 6) is 0.186. The fourth-order valence-electron chi connectivity index (χ4n) is 2.80. The van der Waals surface area contributed by atoms with E-state index in [1.165, 1.54) is 11.3 Å². The first kappa shape index (κ1) is 22.0. The fraction of sp³-hybridized carbons (Fsp3) is 0.227. The zero-order valence-electron chi connectivity index (χ0n) is 16.6. The van der Waals surface area contributed by atoms with E-state index in [4.69, 9.17) is 5.73 Å². The molecule has 0 aliphatic carbocycles. The number of thiazole rings is 1. The molecule has 0 saturated carbocycles. The number of aromatic nitrogens is 1. The molecular weight excluding hydrogens is 416 g/mol. The van der Waals surface area contributed by atoms with Crippen molar-refractivity contribution in [1.29, 1.82) is 0 Å². The minimum Gasteiger partial charge on any atom is -0.340 e. The topological polar surface area (TPSA) is 97.1 Å². The zero-order valence-corrected chi connectivity index (χ0v) is 18.3. The van der Waals surface area contributed by atoms with Gasteiger partial charge in [0.05, 0.1) is 5.69 Å². The Hall–Kier alpha value is -2.68. The lowest BCUT2D eigenvalue weighted by Crippen LogP contribution is -2.44. The van der Waals surface area contributed by atoms with Gasteiger partial charge in [-0.05, 0) is 36.1 Å². The average Bonchev–Trinajstić information content (AvgIpc) is 3.25. The normalized spacial score (nSPS) is 11.7. The molecule has 0 aliphatic heterocycles. The van der Waals surface area contributed by atoms with E-state index >= 15 is 0 Å². The van der Waals surface area contributed by atoms with Crippen molar-refractivity contribution >= 4 is 40.0 Å². The van der Waals surface area contributed by atoms with Crippen LogP contribution in [0.3, 0.4) is 0 Å². The highest BCUT2D eigenvalue weighted by atomic mass is 32.2. The average molecular weight is 441 g/mol. The third kappa shape index (κ3) is 5.91. The van der Waals surface area contributed by atoms with E-state index in [-0.39, 0.29) is 11.8 Å². The summed E-state index contributed by atoms with van der Waals surface area (Å²) in [6.45, 7) is 0.416. The summed E-state index contributed by atoms with van der Waals surface area (Å²) in [6, 6.07) is 16.2. The van der Waals surface area contributed by atoms with Gasteiger partial charge in [0.25, 0.3) is 5.91 Å². The molecule has 0 saturated heterocycles. The van der Waals surface area contributed by atoms with Crippen molar-refractivity contribution in [3.8, 4) is 11.3 Å². The molecule has 1 heterocycles. The van der Waals surface area contributed by atoms with Crippen LogP contribution in [-0.2, 0) is 11.3 Å². The highest BCUT2D eigenvalue weighted by Gasteiger charge is 2.22. The van der Waals surface area contributed by atoms with Crippen LogP contribution in [0.1, 0.15) is 22.3 Å². The van der Waals surface area contributed by atoms with Crippen LogP contribution in [0.5, 0.6) is 0 Å². The number of hydrogen-bond acceptors (Lipinski definition) is 6. The van der Waals surface area contributed by atoms with E-state index in [1.807, 2.05) is 54.1 Å². The molecular formula is C22H24N4O2S2. The number of rotatable bonds is 9. The Bertz CT molecular complexity index is 974. The first-order valence-electron chi connectivity index (χ1n) is 9.51. The van der Waals surface area contributed by atoms with Gasteiger partial charge in [0.2, 0.25) is 5.91 Å². The molecule has 0 fully saturated rings. The van der Waals surface area contributed by atoms with Crippen LogP contribution in [0.25, 0.3) is 11.3 Å². The molecule has 8 heteroatoms. The van der Waals surface area contributed by atoms with Crippen LogP contribution in [0.2, 0.25) is 0 Å². The third-order valence-electron chi connectivity index (χ3n) is 4.49. The molecule has 2 amide bonds. The van der Waals surface area contributed by atoms with E-state index < -0.39 is 6.04 Å². The van der Waals surface area contributed by atoms with Gasteiger partial charge in [0.15, 0.2) is 5.13 Å². The molecule has 2 aromatic carbocycles. The second kappa shape index (κ2) is 10.9. The van der Waals surface area contributed by atoms with Crippen LogP contribution in [-0.4, -0.2) is 34.8 Å². The quantitative estimate of drug-likeness (QED) is 0.471. The standard InChI is InChI=1S/C22H24N4O2S2/c1-29-12-11-18(24-20(27)17-9-7-15(13-23)8-10-17)21(28)26-22-25-19(14-30-22)16-5-3-2-4-6-16/h2-10,14,18H,11-13,23H2,1H3,(H,24,27)(H,25,26,28)/t18-/m0/s1. The van der Waals surface area contributed by atoms with E-state index in [1.54, 1.807) is 23.9 Å². The summed E-state index contributed by atoms with van der Waals surface area (Å²) < 4.78 is 0. The predicted octanol–water partition coefficient (Wildman–Crippen LogP) is 3.76. The molecule has 30 heavy (non-hydrogen) atoms. The molecule has 4 N–H and O–H groups in total. The Kier molecular flexibility index (Phi) is 8.01. The molecule has 0 bridgehead atoms. The second-order valence-corrected chi connectivity index (χ2v) is 8.45. The number of anilines is 1. The number of thioether (sulfide) groups is 1. The Morgan fingerprint density at radius 2 is 1.87 bits per heavy atom. The molecule has 1 aromatic heterocycles. The minimum atomic E-state index is -0.650. The van der Waals surface area contributed by atoms with Crippen LogP contribution in [0.15, 0.2) is 60.0 Å². The SMILES string of the molecule is CSCC[C@H](NC(=O)c1ccc(CN)cc1)C(=O)Nc1nc(-c2ccccc2)cs1. The van der Waals surface area contributed by atoms with Gasteiger partial charge in [-0.2, -0.15) is 11.8 Å². The number of nitrogens with zero attached hydrogens (tertiary/aromatic N) is 1. The first-order chi connectivity index (χ1) is 14.6. The third-order valence-corrected chi connectivity index (χ3v) is 5.89. The highest BCUT2D eigenvalue weighted by molar-refractivity contribution is 7.98. The van der Waals surface area contributed by atoms with Gasteiger partial charge < -0.3 is 16.4 Å². The number of amides is 2. The van der Waals surface area contributed by atoms with Gasteiger partial charge in [-0.3, -0.25) is 9.59 Å². The maximum Gasteiger partial charge on any atom is 0.251 e. The maximum absolute atomic E-state index is 12.8. The molecule has 3 aromatic rings. The molecule has 156 valence electrons. The van der Waals surface area contributed by atoms with Crippen molar-refractivity contribution in [2.45, 2.75) is 19.0 Å². The summed E-state index contributed by atoms with van der Waals surface area (Å²) in [6.07, 6.45) is 2.49. The highest BCUT2D eigenvalue weighted by Crippen LogP contribution is 2.24. The molecule has 0 radical (unpaired) electrons. The van der Waals surface area contributed by atoms with Gasteiger partial charge in [-0.25, -0.2) is 4.98 Å². The largest absolute Gasteiger partial charge is 0.340 e. The lowest BCUT2D eigenvalue weighted by molar-refractivity contribution is -0.118. The lowest BCUT2D eigenvalue weighted by Gasteiger charge is -2.17. The number of carbonyl (C=O) groups is 2. The number of benzene rings is 2. The van der Waals surface area contributed by atoms with Crippen LogP contribution < -0.4 is 16.4 Å². The molecule has 3 rings (SSSR count). The number of carbonyl (C=O) groups excluding carboxylic acids is 2. The van der Waals surface area contributed by atoms with E-state index in [9.17, 15) is 9.59 Å². The molecule has 0 spiro atoms. The summed E-state index contributed by atoms with van der Waals surface area (Å²) in [5.41, 5.74) is 8.84. The Morgan fingerprint density at radius 1 is 1.13 bits per heavy atom. The Labute approximate surface area is 184 Å². The maximum atomic E-state index is 12.8. The van der Waals surface area contributed by atoms with Crippen LogP contribution >= 0.6 is 23.1 Å². The zero-order chi connectivity index (χ0) is 21.3. The van der Waals surface area contributed by atoms with Crippen molar-refractivity contribution in [2.75, 3.05) is 17.3 Å². The predicted molar refractivity (Wildman–Crippen MR) is 125 cm³/mol. The van der Waals surface area contributed by atoms with Crippen LogP contribution in [0.4, 0.5) is 5.13 Å². The van der Waals surface area contributed by atoms with Crippen molar-refractivity contribution in [3.05, 3.63) is 71.1 Å². The summed E-state index contributed by atoms with van der Waals surface area (Å²) in [5, 5.41) is 8.10.